The van der Waals surface area contributed by atoms with Gasteiger partial charge in [0.15, 0.2) is 0 Å². The van der Waals surface area contributed by atoms with Crippen molar-refractivity contribution < 1.29 is 22.7 Å². The number of aryl methyl sites for hydroxylation is 1. The molecule has 278 valence electrons. The van der Waals surface area contributed by atoms with Crippen LogP contribution in [-0.4, -0.2) is 93.3 Å². The van der Waals surface area contributed by atoms with Crippen LogP contribution >= 0.6 is 0 Å². The third-order valence-corrected chi connectivity index (χ3v) is 12.9. The van der Waals surface area contributed by atoms with Crippen LogP contribution in [-0.2, 0) is 21.5 Å². The lowest BCUT2D eigenvalue weighted by Crippen LogP contribution is -2.63. The zero-order valence-corrected chi connectivity index (χ0v) is 32.9. The second-order valence-electron chi connectivity index (χ2n) is 17.3. The van der Waals surface area contributed by atoms with Crippen molar-refractivity contribution in [2.45, 2.75) is 85.6 Å². The number of hydrogen-bond acceptors (Lipinski definition) is 6. The molecule has 2 aromatic carbocycles. The molecule has 1 saturated carbocycles. The van der Waals surface area contributed by atoms with Crippen molar-refractivity contribution in [3.8, 4) is 17.0 Å². The minimum Gasteiger partial charge on any atom is -0.497 e. The van der Waals surface area contributed by atoms with E-state index >= 15 is 0 Å². The topological polar surface area (TPSA) is 104 Å². The summed E-state index contributed by atoms with van der Waals surface area (Å²) < 4.78 is 36.4. The quantitative estimate of drug-likeness (QED) is 0.274. The number of ether oxygens (including phenoxy) is 1. The van der Waals surface area contributed by atoms with Crippen LogP contribution in [0.3, 0.4) is 0 Å². The van der Waals surface area contributed by atoms with Crippen LogP contribution in [0.15, 0.2) is 36.4 Å². The predicted octanol–water partition coefficient (Wildman–Crippen LogP) is 6.43. The fourth-order valence-corrected chi connectivity index (χ4v) is 10.3. The van der Waals surface area contributed by atoms with Crippen LogP contribution < -0.4 is 9.46 Å². The van der Waals surface area contributed by atoms with E-state index in [2.05, 4.69) is 53.0 Å². The smallest absolute Gasteiger partial charge is 0.303 e. The number of methoxy groups -OCH3 is 1. The monoisotopic (exact) mass is 719 g/mol. The molecule has 3 heterocycles. The molecule has 1 aromatic heterocycles. The Morgan fingerprint density at radius 3 is 2.22 bits per heavy atom. The summed E-state index contributed by atoms with van der Waals surface area (Å²) in [5.41, 5.74) is 4.77. The number of aromatic nitrogens is 1. The highest BCUT2D eigenvalue weighted by Gasteiger charge is 2.50. The zero-order chi connectivity index (χ0) is 37.1. The highest BCUT2D eigenvalue weighted by atomic mass is 32.2. The van der Waals surface area contributed by atoms with Crippen LogP contribution in [0.25, 0.3) is 22.2 Å². The van der Waals surface area contributed by atoms with Crippen molar-refractivity contribution in [3.63, 3.8) is 0 Å². The average molecular weight is 720 g/mol. The Labute approximate surface area is 304 Å². The van der Waals surface area contributed by atoms with Gasteiger partial charge in [-0.2, -0.15) is 12.7 Å². The summed E-state index contributed by atoms with van der Waals surface area (Å²) in [6.07, 6.45) is 6.73. The van der Waals surface area contributed by atoms with E-state index in [0.717, 1.165) is 96.1 Å². The number of nitrogens with zero attached hydrogens (tertiary/aromatic N) is 4. The number of hydrogen-bond donors (Lipinski definition) is 1. The van der Waals surface area contributed by atoms with Gasteiger partial charge in [-0.25, -0.2) is 4.72 Å². The molecule has 11 heteroatoms. The molecule has 3 aromatic rings. The van der Waals surface area contributed by atoms with Gasteiger partial charge in [0, 0.05) is 68.8 Å². The van der Waals surface area contributed by atoms with E-state index in [1.807, 2.05) is 38.1 Å². The first-order valence-electron chi connectivity index (χ1n) is 18.4. The minimum absolute atomic E-state index is 0.0283. The Balaban J connectivity index is 1.52. The first kappa shape index (κ1) is 37.4. The predicted molar refractivity (Wildman–Crippen MR) is 203 cm³/mol. The van der Waals surface area contributed by atoms with Gasteiger partial charge in [-0.05, 0) is 105 Å². The number of likely N-dealkylation sites (tertiary alicyclic amines) is 2. The molecule has 3 aliphatic rings. The minimum atomic E-state index is -3.99. The summed E-state index contributed by atoms with van der Waals surface area (Å²) in [5.74, 6) is 0.526. The molecule has 0 radical (unpaired) electrons. The fourth-order valence-electron chi connectivity index (χ4n) is 9.80. The lowest BCUT2D eigenvalue weighted by atomic mass is 9.65. The molecule has 51 heavy (non-hydrogen) atoms. The summed E-state index contributed by atoms with van der Waals surface area (Å²) >= 11 is 0. The summed E-state index contributed by atoms with van der Waals surface area (Å²) in [4.78, 5) is 32.8. The van der Waals surface area contributed by atoms with E-state index in [-0.39, 0.29) is 22.3 Å². The van der Waals surface area contributed by atoms with E-state index < -0.39 is 21.5 Å². The third-order valence-electron chi connectivity index (χ3n) is 11.5. The average Bonchev–Trinajstić information content (AvgIpc) is 3.35. The van der Waals surface area contributed by atoms with E-state index in [9.17, 15) is 18.0 Å². The Hall–Kier alpha value is -3.41. The van der Waals surface area contributed by atoms with Crippen LogP contribution in [0.4, 0.5) is 0 Å². The Bertz CT molecular complexity index is 1930. The molecular formula is C40H57N5O5S. The SMILES string of the molecule is COc1ccc(-c2c(C3CCCCC3)c3ccc(C(=O)NS(=O)(=O)N(C)C)cc3n2CC(C)(C)C(=O)N2CC3(C)CN(C)CC(C)(C2)C3)c(C)c1. The first-order valence-corrected chi connectivity index (χ1v) is 19.8. The van der Waals surface area contributed by atoms with Crippen LogP contribution in [0.5, 0.6) is 5.75 Å². The number of benzene rings is 2. The molecule has 6 rings (SSSR count). The van der Waals surface area contributed by atoms with Gasteiger partial charge in [-0.3, -0.25) is 9.59 Å². The molecule has 2 bridgehead atoms. The van der Waals surface area contributed by atoms with Crippen molar-refractivity contribution in [1.82, 2.24) is 23.4 Å². The Kier molecular flexibility index (Phi) is 9.91. The maximum absolute atomic E-state index is 14.8. The second-order valence-corrected chi connectivity index (χ2v) is 19.2. The van der Waals surface area contributed by atoms with Crippen LogP contribution in [0.2, 0.25) is 0 Å². The number of nitrogens with one attached hydrogen (secondary N) is 1. The number of fused-ring (bicyclic) bond motifs is 3. The summed E-state index contributed by atoms with van der Waals surface area (Å²) in [5, 5.41) is 1.04. The third kappa shape index (κ3) is 7.31. The van der Waals surface area contributed by atoms with Crippen molar-refractivity contribution in [2.24, 2.45) is 16.2 Å². The number of amides is 2. The van der Waals surface area contributed by atoms with E-state index in [1.165, 1.54) is 26.1 Å². The number of carbonyl (C=O) groups excluding carboxylic acids is 2. The second kappa shape index (κ2) is 13.5. The number of rotatable bonds is 9. The lowest BCUT2D eigenvalue weighted by Gasteiger charge is -2.57. The van der Waals surface area contributed by atoms with Crippen LogP contribution in [0.1, 0.15) is 93.6 Å². The van der Waals surface area contributed by atoms with E-state index in [1.54, 1.807) is 13.2 Å². The summed E-state index contributed by atoms with van der Waals surface area (Å²) in [7, 11) is 2.63. The molecule has 2 amide bonds. The molecule has 2 atom stereocenters. The lowest BCUT2D eigenvalue weighted by molar-refractivity contribution is -0.153. The van der Waals surface area contributed by atoms with E-state index in [0.29, 0.717) is 12.5 Å². The van der Waals surface area contributed by atoms with Gasteiger partial charge in [0.05, 0.1) is 18.2 Å². The number of carbonyl (C=O) groups is 2. The highest BCUT2D eigenvalue weighted by Crippen LogP contribution is 2.48. The van der Waals surface area contributed by atoms with Gasteiger partial charge in [0.2, 0.25) is 5.91 Å². The van der Waals surface area contributed by atoms with Gasteiger partial charge in [0.25, 0.3) is 5.91 Å². The molecular weight excluding hydrogens is 663 g/mol. The van der Waals surface area contributed by atoms with Gasteiger partial charge >= 0.3 is 10.2 Å². The maximum Gasteiger partial charge on any atom is 0.303 e. The largest absolute Gasteiger partial charge is 0.497 e. The fraction of sp³-hybridized carbons (Fsp3) is 0.600. The molecule has 1 N–H and O–H groups in total. The summed E-state index contributed by atoms with van der Waals surface area (Å²) in [6, 6.07) is 11.7. The molecule has 10 nitrogen and oxygen atoms in total. The van der Waals surface area contributed by atoms with Crippen molar-refractivity contribution in [1.29, 1.82) is 0 Å². The molecule has 2 unspecified atom stereocenters. The van der Waals surface area contributed by atoms with Gasteiger partial charge in [0.1, 0.15) is 5.75 Å². The van der Waals surface area contributed by atoms with E-state index in [4.69, 9.17) is 4.74 Å². The normalized spacial score (nSPS) is 23.5. The van der Waals surface area contributed by atoms with Crippen molar-refractivity contribution >= 4 is 32.9 Å². The highest BCUT2D eigenvalue weighted by molar-refractivity contribution is 7.87. The van der Waals surface area contributed by atoms with Gasteiger partial charge in [-0.1, -0.05) is 39.2 Å². The maximum atomic E-state index is 14.8. The zero-order valence-electron chi connectivity index (χ0n) is 32.1. The van der Waals surface area contributed by atoms with Crippen molar-refractivity contribution in [2.75, 3.05) is 54.4 Å². The molecule has 2 saturated heterocycles. The van der Waals surface area contributed by atoms with Crippen molar-refractivity contribution in [3.05, 3.63) is 53.1 Å². The molecule has 2 aliphatic heterocycles. The van der Waals surface area contributed by atoms with Crippen LogP contribution in [0, 0.1) is 23.2 Å². The Morgan fingerprint density at radius 2 is 1.63 bits per heavy atom. The van der Waals surface area contributed by atoms with Gasteiger partial charge < -0.3 is 19.1 Å². The molecule has 3 fully saturated rings. The Morgan fingerprint density at radius 1 is 0.980 bits per heavy atom. The first-order chi connectivity index (χ1) is 23.9. The molecule has 0 spiro atoms. The van der Waals surface area contributed by atoms with Gasteiger partial charge in [-0.15, -0.1) is 0 Å². The standard InChI is InChI=1S/C40H57N5O5S/c1-27-19-30(50-9)16-18-31(27)35-34(28-13-11-10-12-14-28)32-17-15-29(36(46)41-51(48,49)42(6)7)20-33(32)45(35)22-38(2,3)37(47)44-25-39(4)21-40(5,26-44)24-43(8)23-39/h15-20,28H,10-14,21-26H2,1-9H3,(H,41,46). The number of piperidine rings is 2. The molecule has 1 aliphatic carbocycles. The summed E-state index contributed by atoms with van der Waals surface area (Å²) in [6.45, 7) is 14.6.